The van der Waals surface area contributed by atoms with E-state index in [1.807, 2.05) is 6.92 Å². The molecule has 0 fully saturated rings. The van der Waals surface area contributed by atoms with Crippen molar-refractivity contribution in [2.75, 3.05) is 20.6 Å². The molecule has 82 valence electrons. The lowest BCUT2D eigenvalue weighted by Crippen LogP contribution is -2.42. The first-order chi connectivity index (χ1) is 6.52. The number of carbonyl (C=O) groups is 2. The first kappa shape index (κ1) is 12.9. The van der Waals surface area contributed by atoms with E-state index in [9.17, 15) is 9.59 Å². The van der Waals surface area contributed by atoms with Crippen LogP contribution in [0.4, 0.5) is 0 Å². The van der Waals surface area contributed by atoms with Crippen molar-refractivity contribution in [1.29, 1.82) is 0 Å². The molecule has 0 rings (SSSR count). The van der Waals surface area contributed by atoms with Gasteiger partial charge in [0, 0.05) is 27.1 Å². The van der Waals surface area contributed by atoms with Gasteiger partial charge in [-0.2, -0.15) is 0 Å². The second-order valence-corrected chi connectivity index (χ2v) is 3.20. The van der Waals surface area contributed by atoms with E-state index >= 15 is 0 Å². The molecule has 2 amide bonds. The number of nitrogens with one attached hydrogen (secondary N) is 1. The topological polar surface area (TPSA) is 75.4 Å². The molecule has 0 aromatic carbocycles. The fraction of sp³-hybridized carbons (Fsp3) is 0.778. The standard InChI is InChI=1S/C9H19N3O2/c1-4-7(10)9(14)12(3)6-5-8(13)11-2/h7H,4-6,10H2,1-3H3,(H,11,13). The summed E-state index contributed by atoms with van der Waals surface area (Å²) in [4.78, 5) is 23.8. The summed E-state index contributed by atoms with van der Waals surface area (Å²) in [6, 6.07) is -0.454. The van der Waals surface area contributed by atoms with Crippen LogP contribution in [0.1, 0.15) is 19.8 Å². The number of hydrogen-bond donors (Lipinski definition) is 2. The van der Waals surface area contributed by atoms with Crippen LogP contribution in [0.3, 0.4) is 0 Å². The maximum Gasteiger partial charge on any atom is 0.239 e. The normalized spacial score (nSPS) is 12.0. The summed E-state index contributed by atoms with van der Waals surface area (Å²) in [5.41, 5.74) is 5.56. The minimum absolute atomic E-state index is 0.0743. The van der Waals surface area contributed by atoms with Crippen LogP contribution in [0.25, 0.3) is 0 Å². The van der Waals surface area contributed by atoms with E-state index in [4.69, 9.17) is 5.73 Å². The van der Waals surface area contributed by atoms with Gasteiger partial charge in [0.25, 0.3) is 0 Å². The largest absolute Gasteiger partial charge is 0.359 e. The molecule has 0 aliphatic rings. The van der Waals surface area contributed by atoms with Gasteiger partial charge in [0.05, 0.1) is 6.04 Å². The van der Waals surface area contributed by atoms with Crippen LogP contribution in [0.2, 0.25) is 0 Å². The molecule has 14 heavy (non-hydrogen) atoms. The molecule has 0 radical (unpaired) electrons. The molecule has 0 aromatic heterocycles. The van der Waals surface area contributed by atoms with Crippen molar-refractivity contribution < 1.29 is 9.59 Å². The molecule has 0 saturated carbocycles. The van der Waals surface area contributed by atoms with Crippen LogP contribution in [0.15, 0.2) is 0 Å². The van der Waals surface area contributed by atoms with E-state index in [0.717, 1.165) is 0 Å². The summed E-state index contributed by atoms with van der Waals surface area (Å²) in [5.74, 6) is -0.189. The van der Waals surface area contributed by atoms with Gasteiger partial charge in [-0.1, -0.05) is 6.92 Å². The van der Waals surface area contributed by atoms with Gasteiger partial charge >= 0.3 is 0 Å². The maximum atomic E-state index is 11.4. The molecule has 0 bridgehead atoms. The van der Waals surface area contributed by atoms with Crippen LogP contribution in [-0.4, -0.2) is 43.4 Å². The molecule has 3 N–H and O–H groups in total. The highest BCUT2D eigenvalue weighted by Gasteiger charge is 2.16. The predicted octanol–water partition coefficient (Wildman–Crippen LogP) is -0.682. The Morgan fingerprint density at radius 2 is 2.07 bits per heavy atom. The minimum atomic E-state index is -0.454. The zero-order valence-corrected chi connectivity index (χ0v) is 9.04. The van der Waals surface area contributed by atoms with Gasteiger partial charge in [-0.25, -0.2) is 0 Å². The molecule has 5 heteroatoms. The zero-order valence-electron chi connectivity index (χ0n) is 9.04. The van der Waals surface area contributed by atoms with Crippen molar-refractivity contribution in [2.45, 2.75) is 25.8 Å². The van der Waals surface area contributed by atoms with E-state index in [-0.39, 0.29) is 11.8 Å². The Balaban J connectivity index is 3.90. The SMILES string of the molecule is CCC(N)C(=O)N(C)CCC(=O)NC. The Morgan fingerprint density at radius 3 is 2.50 bits per heavy atom. The molecule has 0 aliphatic carbocycles. The Kier molecular flexibility index (Phi) is 5.87. The fourth-order valence-electron chi connectivity index (χ4n) is 0.962. The molecule has 0 aliphatic heterocycles. The average molecular weight is 201 g/mol. The Bertz CT molecular complexity index is 206. The summed E-state index contributed by atoms with van der Waals surface area (Å²) < 4.78 is 0. The minimum Gasteiger partial charge on any atom is -0.359 e. The van der Waals surface area contributed by atoms with Crippen molar-refractivity contribution in [1.82, 2.24) is 10.2 Å². The fourth-order valence-corrected chi connectivity index (χ4v) is 0.962. The monoisotopic (exact) mass is 201 g/mol. The third kappa shape index (κ3) is 4.23. The van der Waals surface area contributed by atoms with Crippen molar-refractivity contribution in [3.8, 4) is 0 Å². The molecule has 5 nitrogen and oxygen atoms in total. The van der Waals surface area contributed by atoms with Crippen molar-refractivity contribution in [3.63, 3.8) is 0 Å². The summed E-state index contributed by atoms with van der Waals surface area (Å²) in [6.45, 7) is 2.27. The predicted molar refractivity (Wildman–Crippen MR) is 54.6 cm³/mol. The number of likely N-dealkylation sites (N-methyl/N-ethyl adjacent to an activating group) is 1. The lowest BCUT2D eigenvalue weighted by molar-refractivity contribution is -0.131. The van der Waals surface area contributed by atoms with E-state index in [1.165, 1.54) is 4.90 Å². The second-order valence-electron chi connectivity index (χ2n) is 3.20. The van der Waals surface area contributed by atoms with E-state index in [2.05, 4.69) is 5.32 Å². The number of hydrogen-bond acceptors (Lipinski definition) is 3. The summed E-state index contributed by atoms with van der Waals surface area (Å²) in [7, 11) is 3.22. The van der Waals surface area contributed by atoms with E-state index < -0.39 is 6.04 Å². The highest BCUT2D eigenvalue weighted by Crippen LogP contribution is 1.95. The lowest BCUT2D eigenvalue weighted by Gasteiger charge is -2.19. The maximum absolute atomic E-state index is 11.4. The number of carbonyl (C=O) groups excluding carboxylic acids is 2. The van der Waals surface area contributed by atoms with Crippen molar-refractivity contribution >= 4 is 11.8 Å². The first-order valence-corrected chi connectivity index (χ1v) is 4.74. The summed E-state index contributed by atoms with van der Waals surface area (Å²) in [6.07, 6.45) is 0.929. The van der Waals surface area contributed by atoms with Gasteiger partial charge in [0.2, 0.25) is 11.8 Å². The summed E-state index contributed by atoms with van der Waals surface area (Å²) >= 11 is 0. The number of rotatable bonds is 5. The third-order valence-electron chi connectivity index (χ3n) is 2.09. The van der Waals surface area contributed by atoms with Crippen molar-refractivity contribution in [3.05, 3.63) is 0 Å². The first-order valence-electron chi connectivity index (χ1n) is 4.74. The van der Waals surface area contributed by atoms with Crippen LogP contribution in [0, 0.1) is 0 Å². The molecular weight excluding hydrogens is 182 g/mol. The quantitative estimate of drug-likeness (QED) is 0.618. The lowest BCUT2D eigenvalue weighted by atomic mass is 10.2. The van der Waals surface area contributed by atoms with Crippen LogP contribution in [-0.2, 0) is 9.59 Å². The van der Waals surface area contributed by atoms with Crippen LogP contribution < -0.4 is 11.1 Å². The van der Waals surface area contributed by atoms with E-state index in [1.54, 1.807) is 14.1 Å². The van der Waals surface area contributed by atoms with Gasteiger partial charge in [0.15, 0.2) is 0 Å². The summed E-state index contributed by atoms with van der Waals surface area (Å²) in [5, 5.41) is 2.49. The molecule has 0 saturated heterocycles. The molecule has 1 atom stereocenters. The Labute approximate surface area is 84.6 Å². The highest BCUT2D eigenvalue weighted by molar-refractivity contribution is 5.82. The highest BCUT2D eigenvalue weighted by atomic mass is 16.2. The van der Waals surface area contributed by atoms with E-state index in [0.29, 0.717) is 19.4 Å². The number of amides is 2. The number of nitrogens with zero attached hydrogens (tertiary/aromatic N) is 1. The van der Waals surface area contributed by atoms with Crippen LogP contribution in [0.5, 0.6) is 0 Å². The van der Waals surface area contributed by atoms with Gasteiger partial charge in [-0.05, 0) is 6.42 Å². The smallest absolute Gasteiger partial charge is 0.239 e. The van der Waals surface area contributed by atoms with Gasteiger partial charge in [-0.15, -0.1) is 0 Å². The Morgan fingerprint density at radius 1 is 1.50 bits per heavy atom. The molecule has 0 aromatic rings. The zero-order chi connectivity index (χ0) is 11.1. The second kappa shape index (κ2) is 6.37. The van der Waals surface area contributed by atoms with Crippen LogP contribution >= 0.6 is 0 Å². The molecule has 1 unspecified atom stereocenters. The van der Waals surface area contributed by atoms with Gasteiger partial charge < -0.3 is 16.0 Å². The Hall–Kier alpha value is -1.10. The number of nitrogens with two attached hydrogens (primary N) is 1. The third-order valence-corrected chi connectivity index (χ3v) is 2.09. The molecule has 0 spiro atoms. The van der Waals surface area contributed by atoms with Crippen molar-refractivity contribution in [2.24, 2.45) is 5.73 Å². The van der Waals surface area contributed by atoms with Gasteiger partial charge in [0.1, 0.15) is 0 Å². The molecular formula is C9H19N3O2. The van der Waals surface area contributed by atoms with Gasteiger partial charge in [-0.3, -0.25) is 9.59 Å². The molecule has 0 heterocycles. The average Bonchev–Trinajstić information content (AvgIpc) is 2.22.